The van der Waals surface area contributed by atoms with Crippen molar-refractivity contribution < 1.29 is 5.11 Å². The van der Waals surface area contributed by atoms with Gasteiger partial charge in [-0.25, -0.2) is 0 Å². The first-order chi connectivity index (χ1) is 8.91. The highest BCUT2D eigenvalue weighted by atomic mass is 16.3. The van der Waals surface area contributed by atoms with E-state index in [4.69, 9.17) is 5.73 Å². The number of benzene rings is 1. The maximum Gasteiger partial charge on any atom is 0.0672 e. The number of H-pyrrole nitrogens is 1. The maximum atomic E-state index is 9.20. The van der Waals surface area contributed by atoms with Gasteiger partial charge in [0.2, 0.25) is 0 Å². The van der Waals surface area contributed by atoms with Gasteiger partial charge in [0.25, 0.3) is 0 Å². The molecule has 0 aliphatic heterocycles. The largest absolute Gasteiger partial charge is 0.397 e. The zero-order chi connectivity index (χ0) is 14.0. The molecule has 0 saturated carbocycles. The van der Waals surface area contributed by atoms with Crippen LogP contribution in [-0.2, 0) is 0 Å². The Hall–Kier alpha value is -1.75. The van der Waals surface area contributed by atoms with Gasteiger partial charge >= 0.3 is 0 Å². The highest BCUT2D eigenvalue weighted by Crippen LogP contribution is 2.30. The first-order valence-electron chi connectivity index (χ1n) is 6.52. The number of aromatic nitrogens is 2. The summed E-state index contributed by atoms with van der Waals surface area (Å²) in [5.41, 5.74) is 8.63. The van der Waals surface area contributed by atoms with Crippen LogP contribution in [0.15, 0.2) is 18.3 Å². The first-order valence-corrected chi connectivity index (χ1v) is 6.52. The molecule has 1 aromatic carbocycles. The summed E-state index contributed by atoms with van der Waals surface area (Å²) in [6.45, 7) is 6.59. The normalized spacial score (nSPS) is 13.7. The van der Waals surface area contributed by atoms with E-state index in [-0.39, 0.29) is 18.1 Å². The Morgan fingerprint density at radius 3 is 2.79 bits per heavy atom. The third-order valence-electron chi connectivity index (χ3n) is 3.40. The third-order valence-corrected chi connectivity index (χ3v) is 3.40. The van der Waals surface area contributed by atoms with Crippen LogP contribution in [0.4, 0.5) is 11.4 Å². The quantitative estimate of drug-likeness (QED) is 0.637. The zero-order valence-electron chi connectivity index (χ0n) is 11.7. The smallest absolute Gasteiger partial charge is 0.0672 e. The van der Waals surface area contributed by atoms with Crippen molar-refractivity contribution in [3.63, 3.8) is 0 Å². The predicted octanol–water partition coefficient (Wildman–Crippen LogP) is 2.35. The van der Waals surface area contributed by atoms with E-state index in [9.17, 15) is 5.11 Å². The van der Waals surface area contributed by atoms with E-state index in [0.717, 1.165) is 16.6 Å². The van der Waals surface area contributed by atoms with E-state index in [1.165, 1.54) is 0 Å². The number of nitrogen functional groups attached to an aromatic ring is 1. The molecule has 0 aliphatic rings. The van der Waals surface area contributed by atoms with Crippen molar-refractivity contribution in [2.45, 2.75) is 33.2 Å². The van der Waals surface area contributed by atoms with Crippen LogP contribution >= 0.6 is 0 Å². The molecule has 5 N–H and O–H groups in total. The molecular formula is C14H22N4O. The summed E-state index contributed by atoms with van der Waals surface area (Å²) in [4.78, 5) is 0. The van der Waals surface area contributed by atoms with Crippen molar-refractivity contribution in [1.29, 1.82) is 0 Å². The summed E-state index contributed by atoms with van der Waals surface area (Å²) in [5.74, 6) is 0. The lowest BCUT2D eigenvalue weighted by atomic mass is 9.84. The summed E-state index contributed by atoms with van der Waals surface area (Å²) in [5, 5.41) is 20.6. The fourth-order valence-electron chi connectivity index (χ4n) is 2.17. The summed E-state index contributed by atoms with van der Waals surface area (Å²) in [6, 6.07) is 4.02. The van der Waals surface area contributed by atoms with Gasteiger partial charge in [0.15, 0.2) is 0 Å². The number of hydrogen-bond acceptors (Lipinski definition) is 4. The molecule has 1 atom stereocenters. The van der Waals surface area contributed by atoms with E-state index in [1.807, 2.05) is 12.1 Å². The van der Waals surface area contributed by atoms with Gasteiger partial charge in [-0.1, -0.05) is 20.8 Å². The Kier molecular flexibility index (Phi) is 3.66. The Balaban J connectivity index is 2.30. The number of nitrogens with two attached hydrogens (primary N) is 1. The number of aromatic amines is 1. The lowest BCUT2D eigenvalue weighted by molar-refractivity contribution is 0.235. The number of hydrogen-bond donors (Lipinski definition) is 4. The first kappa shape index (κ1) is 13.7. The van der Waals surface area contributed by atoms with Crippen LogP contribution in [0.2, 0.25) is 0 Å². The summed E-state index contributed by atoms with van der Waals surface area (Å²) >= 11 is 0. The average molecular weight is 262 g/mol. The molecule has 5 heteroatoms. The van der Waals surface area contributed by atoms with Crippen LogP contribution in [0.5, 0.6) is 0 Å². The minimum absolute atomic E-state index is 0.0398. The van der Waals surface area contributed by atoms with Gasteiger partial charge in [-0.2, -0.15) is 5.10 Å². The summed E-state index contributed by atoms with van der Waals surface area (Å²) in [7, 11) is 0. The van der Waals surface area contributed by atoms with E-state index in [1.54, 1.807) is 6.20 Å². The topological polar surface area (TPSA) is 87.0 Å². The van der Waals surface area contributed by atoms with Gasteiger partial charge in [0.05, 0.1) is 23.1 Å². The second-order valence-corrected chi connectivity index (χ2v) is 5.97. The maximum absolute atomic E-state index is 9.20. The molecule has 19 heavy (non-hydrogen) atoms. The van der Waals surface area contributed by atoms with Crippen molar-refractivity contribution in [1.82, 2.24) is 10.2 Å². The fourth-order valence-corrected chi connectivity index (χ4v) is 2.17. The number of nitrogens with one attached hydrogen (secondary N) is 2. The van der Waals surface area contributed by atoms with Crippen molar-refractivity contribution in [3.8, 4) is 0 Å². The van der Waals surface area contributed by atoms with Gasteiger partial charge in [0, 0.05) is 18.0 Å². The standard InChI is InChI=1S/C14H22N4O/c1-14(2,3)13(4-5-19)17-12-7-11-9(6-10(12)15)8-16-18-11/h6-8,13,17,19H,4-5,15H2,1-3H3,(H,16,18). The van der Waals surface area contributed by atoms with Crippen LogP contribution in [0.3, 0.4) is 0 Å². The van der Waals surface area contributed by atoms with E-state index >= 15 is 0 Å². The molecule has 0 amide bonds. The molecule has 0 fully saturated rings. The minimum Gasteiger partial charge on any atom is -0.397 e. The Bertz CT molecular complexity index is 556. The fraction of sp³-hybridized carbons (Fsp3) is 0.500. The Labute approximate surface area is 113 Å². The van der Waals surface area contributed by atoms with Crippen LogP contribution in [0.1, 0.15) is 27.2 Å². The number of aliphatic hydroxyl groups is 1. The number of nitrogens with zero attached hydrogens (tertiary/aromatic N) is 1. The molecule has 1 aromatic heterocycles. The Morgan fingerprint density at radius 2 is 2.16 bits per heavy atom. The van der Waals surface area contributed by atoms with Gasteiger partial charge in [0.1, 0.15) is 0 Å². The van der Waals surface area contributed by atoms with Crippen LogP contribution in [0.25, 0.3) is 10.9 Å². The molecule has 1 heterocycles. The molecule has 0 radical (unpaired) electrons. The number of aliphatic hydroxyl groups excluding tert-OH is 1. The molecule has 0 aliphatic carbocycles. The van der Waals surface area contributed by atoms with Crippen LogP contribution in [-0.4, -0.2) is 28.0 Å². The third kappa shape index (κ3) is 2.98. The molecule has 1 unspecified atom stereocenters. The van der Waals surface area contributed by atoms with Crippen LogP contribution < -0.4 is 11.1 Å². The van der Waals surface area contributed by atoms with Crippen molar-refractivity contribution >= 4 is 22.3 Å². The van der Waals surface area contributed by atoms with E-state index < -0.39 is 0 Å². The molecule has 0 spiro atoms. The van der Waals surface area contributed by atoms with Crippen LogP contribution in [0, 0.1) is 5.41 Å². The molecule has 2 aromatic rings. The molecule has 0 bridgehead atoms. The molecule has 2 rings (SSSR count). The second kappa shape index (κ2) is 5.09. The van der Waals surface area contributed by atoms with Gasteiger partial charge < -0.3 is 16.2 Å². The van der Waals surface area contributed by atoms with E-state index in [2.05, 4.69) is 36.3 Å². The lowest BCUT2D eigenvalue weighted by Gasteiger charge is -2.32. The average Bonchev–Trinajstić information content (AvgIpc) is 2.74. The van der Waals surface area contributed by atoms with Gasteiger partial charge in [-0.3, -0.25) is 5.10 Å². The minimum atomic E-state index is 0.0398. The van der Waals surface area contributed by atoms with Crippen molar-refractivity contribution in [2.75, 3.05) is 17.7 Å². The molecule has 5 nitrogen and oxygen atoms in total. The van der Waals surface area contributed by atoms with E-state index in [0.29, 0.717) is 12.1 Å². The Morgan fingerprint density at radius 1 is 1.42 bits per heavy atom. The zero-order valence-corrected chi connectivity index (χ0v) is 11.7. The van der Waals surface area contributed by atoms with Gasteiger partial charge in [-0.15, -0.1) is 0 Å². The van der Waals surface area contributed by atoms with Gasteiger partial charge in [-0.05, 0) is 24.0 Å². The van der Waals surface area contributed by atoms with Crippen molar-refractivity contribution in [2.24, 2.45) is 5.41 Å². The highest BCUT2D eigenvalue weighted by molar-refractivity contribution is 5.88. The number of fused-ring (bicyclic) bond motifs is 1. The SMILES string of the molecule is CC(C)(C)C(CCO)Nc1cc2[nH]ncc2cc1N. The summed E-state index contributed by atoms with van der Waals surface area (Å²) < 4.78 is 0. The highest BCUT2D eigenvalue weighted by Gasteiger charge is 2.24. The predicted molar refractivity (Wildman–Crippen MR) is 79.1 cm³/mol. The molecular weight excluding hydrogens is 240 g/mol. The lowest BCUT2D eigenvalue weighted by Crippen LogP contribution is -2.35. The van der Waals surface area contributed by atoms with Crippen molar-refractivity contribution in [3.05, 3.63) is 18.3 Å². The monoisotopic (exact) mass is 262 g/mol. The number of rotatable bonds is 4. The second-order valence-electron chi connectivity index (χ2n) is 5.97. The molecule has 0 saturated heterocycles. The summed E-state index contributed by atoms with van der Waals surface area (Å²) in [6.07, 6.45) is 2.44. The molecule has 104 valence electrons. The number of anilines is 2.